The van der Waals surface area contributed by atoms with Crippen LogP contribution in [0.4, 0.5) is 4.39 Å². The molecule has 0 unspecified atom stereocenters. The summed E-state index contributed by atoms with van der Waals surface area (Å²) in [6, 6.07) is 14.6. The molecule has 0 N–H and O–H groups in total. The zero-order chi connectivity index (χ0) is 19.8. The molecule has 3 aromatic heterocycles. The predicted octanol–water partition coefficient (Wildman–Crippen LogP) is 4.19. The van der Waals surface area contributed by atoms with Crippen LogP contribution in [0.2, 0.25) is 0 Å². The molecule has 0 radical (unpaired) electrons. The standard InChI is InChI=1S/C23H15FN4O/c24-21-10-17(16-2-1-15-5-7-25-11-19(15)9-16)3-4-18(21)13-28-14-27-22-12-26-8-6-20(22)23(28)29/h1-12,14H,13H2. The van der Waals surface area contributed by atoms with Crippen molar-refractivity contribution < 1.29 is 4.39 Å². The van der Waals surface area contributed by atoms with E-state index in [2.05, 4.69) is 15.0 Å². The number of hydrogen-bond donors (Lipinski definition) is 0. The van der Waals surface area contributed by atoms with Gasteiger partial charge in [-0.25, -0.2) is 9.37 Å². The van der Waals surface area contributed by atoms with Gasteiger partial charge in [0.05, 0.1) is 30.0 Å². The van der Waals surface area contributed by atoms with Gasteiger partial charge in [-0.15, -0.1) is 0 Å². The molecule has 0 aliphatic carbocycles. The predicted molar refractivity (Wildman–Crippen MR) is 110 cm³/mol. The number of nitrogens with zero attached hydrogens (tertiary/aromatic N) is 4. The molecule has 0 saturated heterocycles. The minimum Gasteiger partial charge on any atom is -0.294 e. The van der Waals surface area contributed by atoms with E-state index >= 15 is 0 Å². The summed E-state index contributed by atoms with van der Waals surface area (Å²) in [5.41, 5.74) is 2.41. The van der Waals surface area contributed by atoms with Gasteiger partial charge in [-0.1, -0.05) is 24.3 Å². The molecular weight excluding hydrogens is 367 g/mol. The van der Waals surface area contributed by atoms with Crippen LogP contribution in [-0.2, 0) is 6.54 Å². The largest absolute Gasteiger partial charge is 0.294 e. The lowest BCUT2D eigenvalue weighted by atomic mass is 10.0. The second kappa shape index (κ2) is 6.91. The number of benzene rings is 2. The van der Waals surface area contributed by atoms with Crippen molar-refractivity contribution in [2.75, 3.05) is 0 Å². The number of aromatic nitrogens is 4. The highest BCUT2D eigenvalue weighted by Crippen LogP contribution is 2.26. The Kier molecular flexibility index (Phi) is 4.09. The Morgan fingerprint density at radius 2 is 1.66 bits per heavy atom. The highest BCUT2D eigenvalue weighted by atomic mass is 19.1. The highest BCUT2D eigenvalue weighted by molar-refractivity contribution is 5.86. The Bertz CT molecular complexity index is 1430. The summed E-state index contributed by atoms with van der Waals surface area (Å²) in [4.78, 5) is 25.0. The van der Waals surface area contributed by atoms with Gasteiger partial charge in [0.2, 0.25) is 0 Å². The van der Waals surface area contributed by atoms with Gasteiger partial charge in [-0.05, 0) is 40.8 Å². The van der Waals surface area contributed by atoms with Crippen LogP contribution < -0.4 is 5.56 Å². The molecule has 5 nitrogen and oxygen atoms in total. The van der Waals surface area contributed by atoms with Crippen molar-refractivity contribution in [1.82, 2.24) is 19.5 Å². The zero-order valence-electron chi connectivity index (χ0n) is 15.3. The van der Waals surface area contributed by atoms with Crippen LogP contribution in [0.15, 0.2) is 84.4 Å². The van der Waals surface area contributed by atoms with Crippen LogP contribution in [0.3, 0.4) is 0 Å². The number of fused-ring (bicyclic) bond motifs is 2. The fourth-order valence-corrected chi connectivity index (χ4v) is 3.42. The minimum atomic E-state index is -0.365. The van der Waals surface area contributed by atoms with Crippen LogP contribution in [-0.4, -0.2) is 19.5 Å². The normalized spacial score (nSPS) is 11.2. The van der Waals surface area contributed by atoms with E-state index in [1.807, 2.05) is 30.3 Å². The first-order chi connectivity index (χ1) is 14.2. The van der Waals surface area contributed by atoms with E-state index in [4.69, 9.17) is 0 Å². The molecule has 0 amide bonds. The maximum absolute atomic E-state index is 14.8. The molecule has 0 atom stereocenters. The first-order valence-electron chi connectivity index (χ1n) is 9.11. The molecule has 29 heavy (non-hydrogen) atoms. The number of halogens is 1. The van der Waals surface area contributed by atoms with Crippen LogP contribution in [0, 0.1) is 5.82 Å². The van der Waals surface area contributed by atoms with Crippen molar-refractivity contribution in [3.05, 3.63) is 101 Å². The first-order valence-corrected chi connectivity index (χ1v) is 9.11. The molecule has 0 aliphatic rings. The van der Waals surface area contributed by atoms with E-state index in [9.17, 15) is 9.18 Å². The van der Waals surface area contributed by atoms with Crippen LogP contribution >= 0.6 is 0 Å². The Morgan fingerprint density at radius 3 is 2.55 bits per heavy atom. The van der Waals surface area contributed by atoms with Gasteiger partial charge in [0.1, 0.15) is 5.82 Å². The van der Waals surface area contributed by atoms with Gasteiger partial charge in [0.15, 0.2) is 0 Å². The van der Waals surface area contributed by atoms with Crippen molar-refractivity contribution >= 4 is 21.7 Å². The summed E-state index contributed by atoms with van der Waals surface area (Å²) in [5.74, 6) is -0.365. The van der Waals surface area contributed by atoms with Crippen molar-refractivity contribution in [1.29, 1.82) is 0 Å². The summed E-state index contributed by atoms with van der Waals surface area (Å²) in [6.45, 7) is 0.109. The summed E-state index contributed by atoms with van der Waals surface area (Å²) < 4.78 is 16.2. The highest BCUT2D eigenvalue weighted by Gasteiger charge is 2.10. The fraction of sp³-hybridized carbons (Fsp3) is 0.0435. The van der Waals surface area contributed by atoms with Crippen molar-refractivity contribution in [3.63, 3.8) is 0 Å². The summed E-state index contributed by atoms with van der Waals surface area (Å²) in [7, 11) is 0. The molecule has 0 aliphatic heterocycles. The van der Waals surface area contributed by atoms with Crippen LogP contribution in [0.1, 0.15) is 5.56 Å². The summed E-state index contributed by atoms with van der Waals surface area (Å²) >= 11 is 0. The molecule has 5 rings (SSSR count). The average Bonchev–Trinajstić information content (AvgIpc) is 2.76. The van der Waals surface area contributed by atoms with Gasteiger partial charge in [0.25, 0.3) is 5.56 Å². The maximum Gasteiger partial charge on any atom is 0.261 e. The van der Waals surface area contributed by atoms with Gasteiger partial charge in [-0.2, -0.15) is 0 Å². The Morgan fingerprint density at radius 1 is 0.862 bits per heavy atom. The van der Waals surface area contributed by atoms with Gasteiger partial charge < -0.3 is 0 Å². The van der Waals surface area contributed by atoms with Crippen LogP contribution in [0.5, 0.6) is 0 Å². The topological polar surface area (TPSA) is 60.7 Å². The molecular formula is C23H15FN4O. The number of pyridine rings is 2. The summed E-state index contributed by atoms with van der Waals surface area (Å²) in [5, 5.41) is 2.54. The monoisotopic (exact) mass is 382 g/mol. The van der Waals surface area contributed by atoms with Gasteiger partial charge in [-0.3, -0.25) is 19.3 Å². The van der Waals surface area contributed by atoms with Crippen molar-refractivity contribution in [2.45, 2.75) is 6.54 Å². The van der Waals surface area contributed by atoms with E-state index in [0.717, 1.165) is 21.9 Å². The third kappa shape index (κ3) is 3.14. The lowest BCUT2D eigenvalue weighted by Crippen LogP contribution is -2.21. The fourth-order valence-electron chi connectivity index (χ4n) is 3.42. The SMILES string of the molecule is O=c1c2ccncc2ncn1Cc1ccc(-c2ccc3ccncc3c2)cc1F. The number of hydrogen-bond acceptors (Lipinski definition) is 4. The van der Waals surface area contributed by atoms with E-state index in [1.165, 1.54) is 23.2 Å². The molecule has 5 aromatic rings. The molecule has 140 valence electrons. The first kappa shape index (κ1) is 17.2. The smallest absolute Gasteiger partial charge is 0.261 e. The molecule has 0 spiro atoms. The maximum atomic E-state index is 14.8. The molecule has 2 aromatic carbocycles. The number of rotatable bonds is 3. The van der Waals surface area contributed by atoms with E-state index in [-0.39, 0.29) is 17.9 Å². The third-order valence-corrected chi connectivity index (χ3v) is 5.00. The quantitative estimate of drug-likeness (QED) is 0.469. The molecule has 6 heteroatoms. The lowest BCUT2D eigenvalue weighted by Gasteiger charge is -2.10. The Balaban J connectivity index is 1.50. The van der Waals surface area contributed by atoms with Gasteiger partial charge in [0, 0.05) is 29.5 Å². The minimum absolute atomic E-state index is 0.109. The van der Waals surface area contributed by atoms with Crippen LogP contribution in [0.25, 0.3) is 32.8 Å². The van der Waals surface area contributed by atoms with E-state index in [1.54, 1.807) is 30.7 Å². The average molecular weight is 382 g/mol. The molecule has 0 fully saturated rings. The lowest BCUT2D eigenvalue weighted by molar-refractivity contribution is 0.596. The molecule has 0 bridgehead atoms. The Labute approximate surface area is 165 Å². The third-order valence-electron chi connectivity index (χ3n) is 5.00. The van der Waals surface area contributed by atoms with E-state index in [0.29, 0.717) is 16.5 Å². The van der Waals surface area contributed by atoms with Crippen molar-refractivity contribution in [3.8, 4) is 11.1 Å². The molecule has 3 heterocycles. The van der Waals surface area contributed by atoms with Crippen molar-refractivity contribution in [2.24, 2.45) is 0 Å². The van der Waals surface area contributed by atoms with Gasteiger partial charge >= 0.3 is 0 Å². The van der Waals surface area contributed by atoms with E-state index < -0.39 is 0 Å². The Hall–Kier alpha value is -3.93. The molecule has 0 saturated carbocycles. The second-order valence-corrected chi connectivity index (χ2v) is 6.81. The second-order valence-electron chi connectivity index (χ2n) is 6.81. The summed E-state index contributed by atoms with van der Waals surface area (Å²) in [6.07, 6.45) is 8.05. The zero-order valence-corrected chi connectivity index (χ0v) is 15.3.